The molecule has 0 aliphatic heterocycles. The summed E-state index contributed by atoms with van der Waals surface area (Å²) in [6.07, 6.45) is -4.78. The summed E-state index contributed by atoms with van der Waals surface area (Å²) in [4.78, 5) is 14.7. The smallest absolute Gasteiger partial charge is 0.337 e. The highest BCUT2D eigenvalue weighted by atomic mass is 16.6. The number of carbonyl (C=O) groups excluding carboxylic acids is 1. The second-order valence-electron chi connectivity index (χ2n) is 6.72. The van der Waals surface area contributed by atoms with Gasteiger partial charge in [-0.1, -0.05) is 65.8 Å². The molecule has 2 N–H and O–H groups in total. The minimum absolute atomic E-state index is 0.0398. The van der Waals surface area contributed by atoms with Crippen LogP contribution in [0.2, 0.25) is 0 Å². The van der Waals surface area contributed by atoms with Crippen LogP contribution in [0, 0.1) is 0 Å². The molecular formula is C22H27N3O6. The minimum Gasteiger partial charge on any atom is -0.464 e. The van der Waals surface area contributed by atoms with Crippen LogP contribution in [0.4, 0.5) is 0 Å². The molecule has 0 saturated heterocycles. The van der Waals surface area contributed by atoms with Gasteiger partial charge < -0.3 is 24.4 Å². The summed E-state index contributed by atoms with van der Waals surface area (Å²) < 4.78 is 16.2. The highest BCUT2D eigenvalue weighted by Crippen LogP contribution is 2.17. The van der Waals surface area contributed by atoms with E-state index in [0.29, 0.717) is 0 Å². The maximum atomic E-state index is 11.9. The van der Waals surface area contributed by atoms with Gasteiger partial charge in [0.2, 0.25) is 0 Å². The Bertz CT molecular complexity index is 830. The van der Waals surface area contributed by atoms with Crippen LogP contribution in [-0.2, 0) is 32.2 Å². The first-order chi connectivity index (χ1) is 15.1. The van der Waals surface area contributed by atoms with Gasteiger partial charge in [-0.25, -0.2) is 4.79 Å². The molecule has 166 valence electrons. The van der Waals surface area contributed by atoms with Crippen molar-refractivity contribution in [3.8, 4) is 0 Å². The fourth-order valence-corrected chi connectivity index (χ4v) is 2.88. The van der Waals surface area contributed by atoms with Crippen LogP contribution in [0.25, 0.3) is 10.4 Å². The van der Waals surface area contributed by atoms with Crippen molar-refractivity contribution >= 4 is 5.97 Å². The van der Waals surface area contributed by atoms with Crippen LogP contribution < -0.4 is 0 Å². The van der Waals surface area contributed by atoms with Gasteiger partial charge in [0.05, 0.1) is 38.6 Å². The predicted molar refractivity (Wildman–Crippen MR) is 113 cm³/mol. The molecule has 0 unspecified atom stereocenters. The van der Waals surface area contributed by atoms with Crippen LogP contribution in [0.15, 0.2) is 65.8 Å². The van der Waals surface area contributed by atoms with E-state index in [2.05, 4.69) is 10.0 Å². The summed E-state index contributed by atoms with van der Waals surface area (Å²) in [5, 5.41) is 24.6. The third-order valence-corrected chi connectivity index (χ3v) is 4.45. The number of aliphatic hydroxyl groups excluding tert-OH is 2. The highest BCUT2D eigenvalue weighted by Gasteiger charge is 2.37. The lowest BCUT2D eigenvalue weighted by molar-refractivity contribution is -0.169. The van der Waals surface area contributed by atoms with E-state index in [-0.39, 0.29) is 26.4 Å². The number of rotatable bonds is 13. The Morgan fingerprint density at radius 2 is 1.61 bits per heavy atom. The normalized spacial score (nSPS) is 14.7. The predicted octanol–water partition coefficient (Wildman–Crippen LogP) is 2.75. The molecule has 4 atom stereocenters. The number of aliphatic hydroxyl groups is 2. The van der Waals surface area contributed by atoms with E-state index in [1.807, 2.05) is 60.7 Å². The summed E-state index contributed by atoms with van der Waals surface area (Å²) >= 11 is 0. The Hall–Kier alpha value is -2.94. The van der Waals surface area contributed by atoms with Crippen LogP contribution >= 0.6 is 0 Å². The van der Waals surface area contributed by atoms with Gasteiger partial charge in [0.25, 0.3) is 0 Å². The second kappa shape index (κ2) is 13.4. The van der Waals surface area contributed by atoms with Gasteiger partial charge in [-0.05, 0) is 23.6 Å². The highest BCUT2D eigenvalue weighted by molar-refractivity contribution is 5.75. The van der Waals surface area contributed by atoms with Gasteiger partial charge in [-0.3, -0.25) is 0 Å². The number of azide groups is 1. The molecule has 0 aliphatic carbocycles. The van der Waals surface area contributed by atoms with Crippen molar-refractivity contribution in [3.63, 3.8) is 0 Å². The van der Waals surface area contributed by atoms with Crippen molar-refractivity contribution in [2.24, 2.45) is 5.11 Å². The third kappa shape index (κ3) is 8.01. The van der Waals surface area contributed by atoms with E-state index >= 15 is 0 Å². The van der Waals surface area contributed by atoms with Crippen molar-refractivity contribution in [2.75, 3.05) is 13.2 Å². The molecule has 0 heterocycles. The zero-order chi connectivity index (χ0) is 22.5. The molecule has 0 fully saturated rings. The maximum Gasteiger partial charge on any atom is 0.337 e. The molecule has 0 radical (unpaired) electrons. The van der Waals surface area contributed by atoms with Crippen LogP contribution in [0.3, 0.4) is 0 Å². The number of hydrogen-bond acceptors (Lipinski definition) is 7. The first-order valence-corrected chi connectivity index (χ1v) is 9.91. The lowest BCUT2D eigenvalue weighted by atomic mass is 10.0. The first kappa shape index (κ1) is 24.3. The Kier molecular flexibility index (Phi) is 10.5. The Labute approximate surface area is 180 Å². The second-order valence-corrected chi connectivity index (χ2v) is 6.72. The van der Waals surface area contributed by atoms with Crippen LogP contribution in [0.5, 0.6) is 0 Å². The van der Waals surface area contributed by atoms with E-state index in [4.69, 9.17) is 19.7 Å². The minimum atomic E-state index is -1.87. The number of carbonyl (C=O) groups is 1. The molecule has 2 aromatic rings. The van der Waals surface area contributed by atoms with E-state index in [9.17, 15) is 15.0 Å². The average molecular weight is 429 g/mol. The summed E-state index contributed by atoms with van der Waals surface area (Å²) in [6.45, 7) is 1.85. The standard InChI is InChI=1S/C22H27N3O6/c1-2-30-22(28)20(27)19(26)21(31-14-17-11-7-4-8-12-17)18(24-25-23)15-29-13-16-9-5-3-6-10-16/h3-12,18-21,26-27H,2,13-15H2,1H3/t18-,19-,20-,21-/m1/s1. The molecule has 0 bridgehead atoms. The molecule has 2 aromatic carbocycles. The quantitative estimate of drug-likeness (QED) is 0.218. The molecule has 0 spiro atoms. The number of esters is 1. The van der Waals surface area contributed by atoms with Crippen molar-refractivity contribution in [3.05, 3.63) is 82.2 Å². The number of benzene rings is 2. The average Bonchev–Trinajstić information content (AvgIpc) is 2.80. The van der Waals surface area contributed by atoms with Crippen molar-refractivity contribution in [1.29, 1.82) is 0 Å². The van der Waals surface area contributed by atoms with E-state index in [1.54, 1.807) is 6.92 Å². The Morgan fingerprint density at radius 3 is 2.16 bits per heavy atom. The topological polar surface area (TPSA) is 134 Å². The van der Waals surface area contributed by atoms with E-state index in [1.165, 1.54) is 0 Å². The van der Waals surface area contributed by atoms with Crippen LogP contribution in [0.1, 0.15) is 18.1 Å². The molecule has 0 saturated carbocycles. The Balaban J connectivity index is 2.14. The zero-order valence-electron chi connectivity index (χ0n) is 17.3. The van der Waals surface area contributed by atoms with Gasteiger partial charge in [-0.2, -0.15) is 0 Å². The van der Waals surface area contributed by atoms with E-state index < -0.39 is 30.3 Å². The molecule has 31 heavy (non-hydrogen) atoms. The molecule has 0 amide bonds. The monoisotopic (exact) mass is 429 g/mol. The van der Waals surface area contributed by atoms with Crippen molar-refractivity contribution < 1.29 is 29.2 Å². The lowest BCUT2D eigenvalue weighted by Crippen LogP contribution is -2.50. The molecule has 0 aliphatic rings. The van der Waals surface area contributed by atoms with E-state index in [0.717, 1.165) is 11.1 Å². The molecule has 9 heteroatoms. The molecule has 0 aromatic heterocycles. The number of hydrogen-bond donors (Lipinski definition) is 2. The van der Waals surface area contributed by atoms with Crippen molar-refractivity contribution in [1.82, 2.24) is 0 Å². The molecular weight excluding hydrogens is 402 g/mol. The summed E-state index contributed by atoms with van der Waals surface area (Å²) in [7, 11) is 0. The van der Waals surface area contributed by atoms with Gasteiger partial charge in [0.15, 0.2) is 6.10 Å². The Morgan fingerprint density at radius 1 is 1.03 bits per heavy atom. The van der Waals surface area contributed by atoms with Gasteiger partial charge in [-0.15, -0.1) is 0 Å². The number of ether oxygens (including phenoxy) is 3. The fourth-order valence-electron chi connectivity index (χ4n) is 2.88. The maximum absolute atomic E-state index is 11.9. The lowest BCUT2D eigenvalue weighted by Gasteiger charge is -2.30. The van der Waals surface area contributed by atoms with Crippen LogP contribution in [-0.4, -0.2) is 53.7 Å². The SMILES string of the molecule is CCOC(=O)[C@H](O)[C@@H](O)[C@H](OCc1ccccc1)[C@@H](COCc1ccccc1)N=[N+]=[N-]. The third-order valence-electron chi connectivity index (χ3n) is 4.45. The fraction of sp³-hybridized carbons (Fsp3) is 0.409. The summed E-state index contributed by atoms with van der Waals surface area (Å²) in [6, 6.07) is 17.5. The molecule has 2 rings (SSSR count). The van der Waals surface area contributed by atoms with Gasteiger partial charge in [0, 0.05) is 4.91 Å². The summed E-state index contributed by atoms with van der Waals surface area (Å²) in [5.74, 6) is -0.992. The van der Waals surface area contributed by atoms with Crippen molar-refractivity contribution in [2.45, 2.75) is 44.5 Å². The molecule has 9 nitrogen and oxygen atoms in total. The van der Waals surface area contributed by atoms with Gasteiger partial charge >= 0.3 is 5.97 Å². The largest absolute Gasteiger partial charge is 0.464 e. The number of nitrogens with zero attached hydrogens (tertiary/aromatic N) is 3. The zero-order valence-corrected chi connectivity index (χ0v) is 17.3. The first-order valence-electron chi connectivity index (χ1n) is 9.91. The summed E-state index contributed by atoms with van der Waals surface area (Å²) in [5.41, 5.74) is 10.7. The van der Waals surface area contributed by atoms with Gasteiger partial charge in [0.1, 0.15) is 6.10 Å².